The Morgan fingerprint density at radius 1 is 0.286 bits per heavy atom. The van der Waals surface area contributed by atoms with Gasteiger partial charge < -0.3 is 65.7 Å². The first kappa shape index (κ1) is 890. The first-order chi connectivity index (χ1) is 0. The van der Waals surface area contributed by atoms with E-state index in [1.807, 2.05) is 0 Å². The zero-order valence-electron chi connectivity index (χ0n) is 7.00. The van der Waals surface area contributed by atoms with Gasteiger partial charge in [0.1, 0.15) is 0 Å². The maximum absolute atomic E-state index is 0. The minimum absolute atomic E-state index is 0. The molecule has 0 saturated heterocycles. The molecule has 0 bridgehead atoms. The van der Waals surface area contributed by atoms with Gasteiger partial charge in [-0.1, -0.05) is 0 Å². The van der Waals surface area contributed by atoms with Crippen LogP contribution in [0.3, 0.4) is 0 Å². The smallest absolute Gasteiger partial charge is 0.870 e. The Labute approximate surface area is 140 Å². The predicted molar refractivity (Wildman–Crippen MR) is 48.2 cm³/mol. The summed E-state index contributed by atoms with van der Waals surface area (Å²) in [5, 5.41) is 0. The average molecular weight is 557 g/mol. The van der Waals surface area contributed by atoms with Crippen LogP contribution in [0, 0.1) is 0 Å². The van der Waals surface area contributed by atoms with Crippen molar-refractivity contribution in [2.24, 2.45) is 0 Å². The van der Waals surface area contributed by atoms with Gasteiger partial charge in [-0.05, 0) is 0 Å². The van der Waals surface area contributed by atoms with E-state index in [1.54, 1.807) is 0 Å². The Kier molecular flexibility index (Phi) is 46200. The van der Waals surface area contributed by atoms with E-state index in [9.17, 15) is 0 Å². The largest absolute Gasteiger partial charge is 2.00 e. The number of hydrogen-bond acceptors (Lipinski definition) is 4. The minimum Gasteiger partial charge on any atom is -0.870 e. The van der Waals surface area contributed by atoms with Crippen molar-refractivity contribution in [2.75, 3.05) is 0 Å². The molecule has 2 radical (unpaired) electrons. The Morgan fingerprint density at radius 2 is 0.286 bits per heavy atom. The Hall–Kier alpha value is 2.01. The molecule has 0 aliphatic heterocycles. The fourth-order valence-electron chi connectivity index (χ4n) is 0. The van der Waals surface area contributed by atoms with Crippen LogP contribution in [0.5, 0.6) is 0 Å². The van der Waals surface area contributed by atoms with Crippen LogP contribution < -0.4 is 0 Å². The fraction of sp³-hybridized carbons (Fsp3) is 0. The summed E-state index contributed by atoms with van der Waals surface area (Å²) in [6.45, 7) is 0. The van der Waals surface area contributed by atoms with Crippen molar-refractivity contribution in [3.63, 3.8) is 0 Å². The van der Waals surface area contributed by atoms with Crippen molar-refractivity contribution in [3.05, 3.63) is 0 Å². The fourth-order valence-corrected chi connectivity index (χ4v) is 0. The van der Waals surface area contributed by atoms with Crippen molar-refractivity contribution >= 4 is 76.2 Å². The Balaban J connectivity index is 0. The first-order valence-electron chi connectivity index (χ1n) is 0. The van der Waals surface area contributed by atoms with Crippen LogP contribution >= 0.6 is 0 Å². The van der Waals surface area contributed by atoms with Crippen LogP contribution in [-0.4, -0.2) is 142 Å². The summed E-state index contributed by atoms with van der Waals surface area (Å²) < 4.78 is 0. The zero-order chi connectivity index (χ0) is 0. The summed E-state index contributed by atoms with van der Waals surface area (Å²) in [6.07, 6.45) is 0. The van der Waals surface area contributed by atoms with E-state index in [1.165, 1.54) is 0 Å². The molecule has 0 rings (SSSR count). The second-order valence-electron chi connectivity index (χ2n) is 0. The number of hydrogen-bond donors (Lipinski definition) is 0. The first-order valence-corrected chi connectivity index (χ1v) is 0. The van der Waals surface area contributed by atoms with E-state index in [2.05, 4.69) is 0 Å². The third kappa shape index (κ3) is 585. The Bertz CT molecular complexity index is 10.3. The molecule has 98 valence electrons. The van der Waals surface area contributed by atoms with E-state index < -0.39 is 0 Å². The Morgan fingerprint density at radius 3 is 0.286 bits per heavy atom. The molecule has 14 heavy (non-hydrogen) atoms. The molecule has 14 heteroatoms. The molecule has 20 N–H and O–H groups in total. The van der Waals surface area contributed by atoms with E-state index in [0.29, 0.717) is 0 Å². The quantitative estimate of drug-likeness (QED) is 0.262. The molecule has 0 amide bonds. The van der Waals surface area contributed by atoms with E-state index >= 15 is 0 Å². The topological polar surface area (TPSA) is 372 Å². The van der Waals surface area contributed by atoms with Crippen LogP contribution in [0.1, 0.15) is 0 Å². The molecule has 0 aliphatic carbocycles. The SMILES string of the molecule is O.O.O.O.O.O.O.O.[Ba+2].[OH-].[OH-].[OH-].[OH-].[Pb+2]. The molecule has 0 aromatic rings. The molecule has 0 aromatic carbocycles. The number of rotatable bonds is 0. The van der Waals surface area contributed by atoms with Gasteiger partial charge in [0, 0.05) is 0 Å². The molecule has 0 fully saturated rings. The van der Waals surface area contributed by atoms with E-state index in [4.69, 9.17) is 0 Å². The average Bonchev–Trinajstić information content (AvgIpc) is 0. The minimum atomic E-state index is 0. The van der Waals surface area contributed by atoms with Crippen molar-refractivity contribution in [1.82, 2.24) is 0 Å². The maximum Gasteiger partial charge on any atom is 2.00 e. The van der Waals surface area contributed by atoms with Gasteiger partial charge in [-0.15, -0.1) is 0 Å². The standard InChI is InChI=1S/Ba.12H2O.Pb/h;12*1H2;/q+2;;;;;;;;;;;;;+2/p-4. The molecule has 0 unspecified atom stereocenters. The van der Waals surface area contributed by atoms with Crippen LogP contribution in [0.25, 0.3) is 0 Å². The van der Waals surface area contributed by atoms with Gasteiger partial charge in [0.15, 0.2) is 0 Å². The molecule has 12 nitrogen and oxygen atoms in total. The van der Waals surface area contributed by atoms with Gasteiger partial charge in [-0.3, -0.25) is 0 Å². The molecule has 0 heterocycles. The van der Waals surface area contributed by atoms with Crippen LogP contribution in [-0.2, 0) is 0 Å². The van der Waals surface area contributed by atoms with Gasteiger partial charge in [-0.2, -0.15) is 0 Å². The summed E-state index contributed by atoms with van der Waals surface area (Å²) in [7, 11) is 0. The summed E-state index contributed by atoms with van der Waals surface area (Å²) in [6, 6.07) is 0. The predicted octanol–water partition coefficient (Wildman–Crippen LogP) is -8.07. The van der Waals surface area contributed by atoms with Gasteiger partial charge in [0.2, 0.25) is 0 Å². The third-order valence-electron chi connectivity index (χ3n) is 0. The zero-order valence-corrected chi connectivity index (χ0v) is 15.3. The van der Waals surface area contributed by atoms with E-state index in [-0.39, 0.29) is 142 Å². The normalized spacial score (nSPS) is 0. The van der Waals surface area contributed by atoms with Gasteiger partial charge in [-0.25, -0.2) is 0 Å². The molecule has 0 spiro atoms. The molecule has 0 aromatic heterocycles. The third-order valence-corrected chi connectivity index (χ3v) is 0. The molecular formula is H20BaO12Pb. The summed E-state index contributed by atoms with van der Waals surface area (Å²) in [5.74, 6) is 0. The van der Waals surface area contributed by atoms with Crippen molar-refractivity contribution < 1.29 is 65.7 Å². The molecular weight excluding hydrogens is 537 g/mol. The summed E-state index contributed by atoms with van der Waals surface area (Å²) in [5.41, 5.74) is 0. The van der Waals surface area contributed by atoms with Crippen LogP contribution in [0.2, 0.25) is 0 Å². The molecule has 0 atom stereocenters. The van der Waals surface area contributed by atoms with Crippen molar-refractivity contribution in [2.45, 2.75) is 0 Å². The van der Waals surface area contributed by atoms with Crippen LogP contribution in [0.4, 0.5) is 0 Å². The molecule has 0 saturated carbocycles. The monoisotopic (exact) mass is 558 g/mol. The van der Waals surface area contributed by atoms with E-state index in [0.717, 1.165) is 0 Å². The second kappa shape index (κ2) is 727. The van der Waals surface area contributed by atoms with Crippen LogP contribution in [0.15, 0.2) is 0 Å². The van der Waals surface area contributed by atoms with Gasteiger partial charge >= 0.3 is 76.2 Å². The van der Waals surface area contributed by atoms with Crippen molar-refractivity contribution in [1.29, 1.82) is 0 Å². The molecule has 0 aliphatic rings. The second-order valence-corrected chi connectivity index (χ2v) is 0. The summed E-state index contributed by atoms with van der Waals surface area (Å²) in [4.78, 5) is 0. The van der Waals surface area contributed by atoms with Gasteiger partial charge in [0.25, 0.3) is 0 Å². The van der Waals surface area contributed by atoms with Crippen molar-refractivity contribution in [3.8, 4) is 0 Å². The maximum atomic E-state index is 0. The summed E-state index contributed by atoms with van der Waals surface area (Å²) >= 11 is 0. The van der Waals surface area contributed by atoms with Gasteiger partial charge in [0.05, 0.1) is 0 Å².